The molecule has 722 valence electrons. The molecule has 0 spiro atoms. The molecule has 0 aromatic heterocycles. The molecule has 0 aliphatic heterocycles. The third-order valence-electron chi connectivity index (χ3n) is 24.6. The van der Waals surface area contributed by atoms with Crippen LogP contribution in [0.5, 0.6) is 0 Å². The molecule has 0 aromatic carbocycles. The number of hydrogen-bond donors (Lipinski definition) is 18. The Hall–Kier alpha value is -8.04. The summed E-state index contributed by atoms with van der Waals surface area (Å²) < 4.78 is 108. The van der Waals surface area contributed by atoms with Gasteiger partial charge in [0.1, 0.15) is 38.1 Å². The predicted molar refractivity (Wildman–Crippen MR) is 422 cm³/mol. The van der Waals surface area contributed by atoms with Gasteiger partial charge in [-0.2, -0.15) is 26.3 Å². The minimum atomic E-state index is -6.55. The van der Waals surface area contributed by atoms with E-state index >= 15 is 0 Å². The first-order valence-electron chi connectivity index (χ1n) is 42.0. The number of allylic oxidation sites excluding steroid dienone is 3. The van der Waals surface area contributed by atoms with Gasteiger partial charge >= 0.3 is 89.4 Å². The third-order valence-corrected chi connectivity index (χ3v) is 24.6. The summed E-state index contributed by atoms with van der Waals surface area (Å²) in [5, 5.41) is 166. The van der Waals surface area contributed by atoms with E-state index in [0.717, 1.165) is 64.2 Å². The molecule has 0 heterocycles. The van der Waals surface area contributed by atoms with Crippen LogP contribution >= 0.6 is 0 Å². The number of carbonyl (C=O) groups excluding carboxylic acids is 6. The second-order valence-corrected chi connectivity index (χ2v) is 35.0. The largest absolute Gasteiger partial charge is 0.481 e. The summed E-state index contributed by atoms with van der Waals surface area (Å²) in [6.07, 6.45) is 6.96. The van der Waals surface area contributed by atoms with Crippen LogP contribution in [0, 0.1) is 74.9 Å². The zero-order valence-corrected chi connectivity index (χ0v) is 71.3. The Labute approximate surface area is 724 Å². The second-order valence-electron chi connectivity index (χ2n) is 35.0. The number of carboxylic acid groups (broad SMARTS) is 6. The minimum absolute atomic E-state index is 0.0129. The van der Waals surface area contributed by atoms with Crippen molar-refractivity contribution in [1.82, 2.24) is 0 Å². The van der Waals surface area contributed by atoms with Crippen molar-refractivity contribution in [2.24, 2.45) is 74.9 Å². The monoisotopic (exact) mass is 1830 g/mol. The Balaban J connectivity index is 0.000000391. The highest BCUT2D eigenvalue weighted by molar-refractivity contribution is 5.92. The van der Waals surface area contributed by atoms with Crippen molar-refractivity contribution < 1.29 is 204 Å². The highest BCUT2D eigenvalue weighted by Crippen LogP contribution is 2.51. The number of aliphatic hydroxyl groups excluding tert-OH is 12. The van der Waals surface area contributed by atoms with Crippen molar-refractivity contribution in [3.8, 4) is 0 Å². The maximum atomic E-state index is 13.3. The Kier molecular flexibility index (Phi) is 45.7. The van der Waals surface area contributed by atoms with Gasteiger partial charge in [0.05, 0.1) is 142 Å². The van der Waals surface area contributed by atoms with E-state index in [1.165, 1.54) is 0 Å². The van der Waals surface area contributed by atoms with Crippen LogP contribution in [0.3, 0.4) is 0 Å². The molecular weight excluding hydrogens is 1700 g/mol. The van der Waals surface area contributed by atoms with Gasteiger partial charge in [-0.25, -0.2) is 14.4 Å². The van der Waals surface area contributed by atoms with Crippen molar-refractivity contribution in [1.29, 1.82) is 0 Å². The normalized spacial score (nSPS) is 27.0. The fourth-order valence-corrected chi connectivity index (χ4v) is 16.7. The molecule has 0 saturated heterocycles. The SMILES string of the molecule is C=C(C)CC(CC(=O)OC1CC(O)CC(O)C1)C(=O)O.C=C(CC(=O)OC1CC(O)CC(O)C1)C(=O)O.CC(CO)(CO)COC(=O)C1CCCC2CCCC(C(=O)O)C21.CCC(CO)(CO)COC(=O)C1C2C=CC(CC2)C1C(=O)O.CCC(CO)(CO)COC(=O)CC1(CC(=O)O)CCCC1.O=C(O)C(F)(F)C(F)(F)C(F)(F)C(=O)OC1CC(O)CC(O)C1. The van der Waals surface area contributed by atoms with Crippen LogP contribution in [-0.4, -0.2) is 296 Å². The summed E-state index contributed by atoms with van der Waals surface area (Å²) in [5.74, 6) is -36.4. The summed E-state index contributed by atoms with van der Waals surface area (Å²) in [6.45, 7) is 12.0. The van der Waals surface area contributed by atoms with E-state index in [1.807, 2.05) is 19.1 Å². The van der Waals surface area contributed by atoms with Crippen molar-refractivity contribution >= 4 is 71.6 Å². The van der Waals surface area contributed by atoms with E-state index in [0.29, 0.717) is 37.2 Å². The van der Waals surface area contributed by atoms with Crippen LogP contribution in [0.4, 0.5) is 26.3 Å². The Morgan fingerprint density at radius 3 is 1.27 bits per heavy atom. The number of alkyl halides is 6. The molecular formula is C84H128F6O36. The first kappa shape index (κ1) is 112. The first-order valence-corrected chi connectivity index (χ1v) is 42.0. The van der Waals surface area contributed by atoms with E-state index in [4.69, 9.17) is 44.1 Å². The molecule has 36 nitrogen and oxygen atoms in total. The van der Waals surface area contributed by atoms with Crippen molar-refractivity contribution in [2.45, 2.75) is 280 Å². The van der Waals surface area contributed by atoms with Crippen LogP contribution in [0.1, 0.15) is 207 Å². The molecule has 9 rings (SSSR count). The molecule has 126 heavy (non-hydrogen) atoms. The predicted octanol–water partition coefficient (Wildman–Crippen LogP) is 5.09. The topological polar surface area (TPSA) is 624 Å². The van der Waals surface area contributed by atoms with E-state index in [1.54, 1.807) is 20.8 Å². The lowest BCUT2D eigenvalue weighted by Gasteiger charge is -2.43. The fraction of sp³-hybridized carbons (Fsp3) is 0.786. The molecule has 18 N–H and O–H groups in total. The molecule has 15 atom stereocenters. The maximum Gasteiger partial charge on any atom is 0.411 e. The molecule has 0 amide bonds. The average Bonchev–Trinajstić information content (AvgIpc) is 0.794. The maximum absolute atomic E-state index is 13.3. The van der Waals surface area contributed by atoms with Gasteiger partial charge in [0.2, 0.25) is 0 Å². The van der Waals surface area contributed by atoms with E-state index in [9.17, 15) is 155 Å². The van der Waals surface area contributed by atoms with Gasteiger partial charge < -0.3 is 120 Å². The summed E-state index contributed by atoms with van der Waals surface area (Å²) in [5.41, 5.74) is -2.58. The van der Waals surface area contributed by atoms with Gasteiger partial charge in [-0.05, 0) is 113 Å². The highest BCUT2D eigenvalue weighted by Gasteiger charge is 2.79. The summed E-state index contributed by atoms with van der Waals surface area (Å²) in [7, 11) is 0. The number of carbonyl (C=O) groups is 12. The lowest BCUT2D eigenvalue weighted by atomic mass is 9.61. The van der Waals surface area contributed by atoms with Crippen LogP contribution in [0.15, 0.2) is 36.5 Å². The lowest BCUT2D eigenvalue weighted by molar-refractivity contribution is -0.301. The summed E-state index contributed by atoms with van der Waals surface area (Å²) in [6, 6.07) is 0. The number of halogens is 6. The highest BCUT2D eigenvalue weighted by atomic mass is 19.3. The van der Waals surface area contributed by atoms with Crippen molar-refractivity contribution in [2.75, 3.05) is 59.5 Å². The third kappa shape index (κ3) is 33.8. The van der Waals surface area contributed by atoms with Crippen molar-refractivity contribution in [3.63, 3.8) is 0 Å². The molecule has 9 aliphatic carbocycles. The van der Waals surface area contributed by atoms with E-state index in [-0.39, 0.29) is 165 Å². The molecule has 2 bridgehead atoms. The van der Waals surface area contributed by atoms with Gasteiger partial charge in [0.15, 0.2) is 0 Å². The lowest BCUT2D eigenvalue weighted by Crippen LogP contribution is -2.61. The zero-order valence-electron chi connectivity index (χ0n) is 71.3. The fourth-order valence-electron chi connectivity index (χ4n) is 16.7. The minimum Gasteiger partial charge on any atom is -0.481 e. The average molecular weight is 1830 g/mol. The van der Waals surface area contributed by atoms with Gasteiger partial charge in [-0.15, -0.1) is 6.58 Å². The summed E-state index contributed by atoms with van der Waals surface area (Å²) >= 11 is 0. The van der Waals surface area contributed by atoms with E-state index in [2.05, 4.69) is 17.9 Å². The number of aliphatic hydroxyl groups is 12. The van der Waals surface area contributed by atoms with Gasteiger partial charge in [-0.1, -0.05) is 83.6 Å². The van der Waals surface area contributed by atoms with E-state index < -0.39 is 203 Å². The number of ether oxygens (including phenoxy) is 6. The molecule has 15 unspecified atom stereocenters. The summed E-state index contributed by atoms with van der Waals surface area (Å²) in [4.78, 5) is 137. The molecule has 7 saturated carbocycles. The first-order chi connectivity index (χ1) is 58.7. The number of rotatable bonds is 37. The van der Waals surface area contributed by atoms with Crippen LogP contribution in [0.25, 0.3) is 0 Å². The Morgan fingerprint density at radius 1 is 0.468 bits per heavy atom. The standard InChI is InChI=1S/C17H28O6.C16H24O6.C15H26O6.C14H22O6.C11H12F6O6.C11H16O6/c1-17(8-18,9-19)10-23-16(22)13-7-3-5-11-4-2-6-12(14(11)13)15(20)21;1-2-16(7-17,8-18)9-22-15(21)13-11-5-3-10(4-6-11)12(13)14(19)20;1-2-14(9-16,10-17)11-21-13(20)8-15(7-12(18)19)5-3-4-6-15;1-8(2)3-9(14(18)19)4-13(17)20-12-6-10(15)5-11(16)7-12;12-9(13,7(20)21)11(16,17)10(14,15)8(22)23-6-2-4(18)1-5(19)3-6;1-6(11(15)16)2-10(14)17-9-4-7(12)3-8(13)5-9/h11-14,18-19H,2-10H2,1H3,(H,20,21);3,5,10-13,17-18H,2,4,6-9H2,1H3,(H,19,20);16-17H,2-11H2,1H3,(H,18,19);9-12,15-16H,1,3-7H2,2H3,(H,18,19);4-6,18-19H,1-3H2,(H,20,21);7-9,12-13H,1-5H2,(H,15,16). The smallest absolute Gasteiger partial charge is 0.411 e. The van der Waals surface area contributed by atoms with Gasteiger partial charge in [-0.3, -0.25) is 43.2 Å². The molecule has 7 fully saturated rings. The van der Waals surface area contributed by atoms with Crippen molar-refractivity contribution in [3.05, 3.63) is 36.5 Å². The van der Waals surface area contributed by atoms with Gasteiger partial charge in [0.25, 0.3) is 0 Å². The second kappa shape index (κ2) is 51.4. The van der Waals surface area contributed by atoms with Crippen LogP contribution in [0.2, 0.25) is 0 Å². The quantitative estimate of drug-likeness (QED) is 0.0127. The number of hydrogen-bond acceptors (Lipinski definition) is 30. The number of carboxylic acids is 6. The molecule has 0 aromatic rings. The number of fused-ring (bicyclic) bond motifs is 3. The van der Waals surface area contributed by atoms with Crippen LogP contribution < -0.4 is 0 Å². The molecule has 0 radical (unpaired) electrons. The Morgan fingerprint density at radius 2 is 0.889 bits per heavy atom. The number of aliphatic carboxylic acids is 6. The molecule has 42 heteroatoms. The Bertz CT molecular complexity index is 3570. The van der Waals surface area contributed by atoms with Gasteiger partial charge in [0, 0.05) is 49.5 Å². The zero-order chi connectivity index (χ0) is 95.8. The van der Waals surface area contributed by atoms with Crippen LogP contribution in [-0.2, 0) is 86.0 Å². The molecule has 9 aliphatic rings. The number of esters is 6.